The van der Waals surface area contributed by atoms with Crippen molar-refractivity contribution in [2.75, 3.05) is 11.9 Å². The fourth-order valence-electron chi connectivity index (χ4n) is 5.03. The summed E-state index contributed by atoms with van der Waals surface area (Å²) in [5, 5.41) is 19.7. The molecule has 1 N–H and O–H groups in total. The Kier molecular flexibility index (Phi) is 8.95. The number of nitrogens with one attached hydrogen (secondary N) is 1. The zero-order valence-electron chi connectivity index (χ0n) is 24.9. The molecule has 6 rings (SSSR count). The fourth-order valence-corrected chi connectivity index (χ4v) is 5.98. The molecule has 0 saturated heterocycles. The van der Waals surface area contributed by atoms with Crippen LogP contribution in [0.1, 0.15) is 22.8 Å². The lowest BCUT2D eigenvalue weighted by atomic mass is 10.0. The molecule has 1 amide bonds. The maximum Gasteiger partial charge on any atom is 0.341 e. The van der Waals surface area contributed by atoms with Crippen LogP contribution in [0.5, 0.6) is 0 Å². The topological polar surface area (TPSA) is 97.0 Å². The molecule has 7 nitrogen and oxygen atoms in total. The fraction of sp³-hybridized carbons (Fsp3) is 0.0526. The highest BCUT2D eigenvalue weighted by Crippen LogP contribution is 2.36. The Morgan fingerprint density at radius 3 is 2.09 bits per heavy atom. The quantitative estimate of drug-likeness (QED) is 0.0991. The third-order valence-electron chi connectivity index (χ3n) is 7.24. The SMILES string of the molecule is CCOC(=O)c1c(-c2ccccc2)csc1NC(=O)/C(C#N)=C/c1ccc(-n2nc(-c3ccccc3)cc2-c2ccccc2)cc1. The lowest BCUT2D eigenvalue weighted by Crippen LogP contribution is -2.16. The van der Waals surface area contributed by atoms with Gasteiger partial charge >= 0.3 is 5.97 Å². The summed E-state index contributed by atoms with van der Waals surface area (Å²) in [7, 11) is 0. The second-order valence-corrected chi connectivity index (χ2v) is 11.1. The van der Waals surface area contributed by atoms with Crippen molar-refractivity contribution in [3.05, 3.63) is 143 Å². The Morgan fingerprint density at radius 1 is 0.870 bits per heavy atom. The summed E-state index contributed by atoms with van der Waals surface area (Å²) < 4.78 is 7.18. The van der Waals surface area contributed by atoms with Crippen molar-refractivity contribution in [2.45, 2.75) is 6.92 Å². The molecular formula is C38H28N4O3S. The first-order chi connectivity index (χ1) is 22.6. The van der Waals surface area contributed by atoms with E-state index >= 15 is 0 Å². The number of carbonyl (C=O) groups is 2. The minimum atomic E-state index is -0.621. The van der Waals surface area contributed by atoms with Crippen LogP contribution in [0.4, 0.5) is 5.00 Å². The summed E-state index contributed by atoms with van der Waals surface area (Å²) in [5.41, 5.74) is 6.93. The molecular weight excluding hydrogens is 593 g/mol. The molecule has 224 valence electrons. The van der Waals surface area contributed by atoms with E-state index in [2.05, 4.69) is 11.4 Å². The van der Waals surface area contributed by atoms with Gasteiger partial charge in [-0.1, -0.05) is 103 Å². The van der Waals surface area contributed by atoms with Crippen LogP contribution in [-0.2, 0) is 9.53 Å². The van der Waals surface area contributed by atoms with Crippen molar-refractivity contribution in [1.29, 1.82) is 5.26 Å². The summed E-state index contributed by atoms with van der Waals surface area (Å²) in [4.78, 5) is 26.2. The molecule has 0 radical (unpaired) electrons. The van der Waals surface area contributed by atoms with E-state index in [0.717, 1.165) is 33.8 Å². The summed E-state index contributed by atoms with van der Waals surface area (Å²) in [5.74, 6) is -1.16. The zero-order valence-corrected chi connectivity index (χ0v) is 25.7. The van der Waals surface area contributed by atoms with Crippen molar-refractivity contribution in [3.8, 4) is 45.4 Å². The van der Waals surface area contributed by atoms with Gasteiger partial charge in [-0.3, -0.25) is 4.79 Å². The third-order valence-corrected chi connectivity index (χ3v) is 8.14. The summed E-state index contributed by atoms with van der Waals surface area (Å²) in [6.45, 7) is 1.91. The minimum absolute atomic E-state index is 0.104. The van der Waals surface area contributed by atoms with Gasteiger partial charge in [0, 0.05) is 22.1 Å². The van der Waals surface area contributed by atoms with Crippen LogP contribution in [0.3, 0.4) is 0 Å². The first-order valence-corrected chi connectivity index (χ1v) is 15.5. The largest absolute Gasteiger partial charge is 0.462 e. The molecule has 0 spiro atoms. The maximum atomic E-state index is 13.3. The number of carbonyl (C=O) groups excluding carboxylic acids is 2. The molecule has 2 aromatic heterocycles. The molecule has 0 saturated carbocycles. The van der Waals surface area contributed by atoms with Gasteiger partial charge in [0.05, 0.1) is 23.7 Å². The van der Waals surface area contributed by atoms with Crippen LogP contribution >= 0.6 is 11.3 Å². The Labute approximate surface area is 270 Å². The highest BCUT2D eigenvalue weighted by Gasteiger charge is 2.24. The Balaban J connectivity index is 1.28. The average Bonchev–Trinajstić information content (AvgIpc) is 3.74. The first-order valence-electron chi connectivity index (χ1n) is 14.6. The molecule has 46 heavy (non-hydrogen) atoms. The molecule has 2 heterocycles. The van der Waals surface area contributed by atoms with Crippen LogP contribution in [0.25, 0.3) is 45.4 Å². The lowest BCUT2D eigenvalue weighted by molar-refractivity contribution is -0.112. The normalized spacial score (nSPS) is 11.1. The van der Waals surface area contributed by atoms with Crippen LogP contribution in [0, 0.1) is 11.3 Å². The molecule has 0 fully saturated rings. The molecule has 0 aliphatic heterocycles. The number of nitrogens with zero attached hydrogens (tertiary/aromatic N) is 3. The van der Waals surface area contributed by atoms with E-state index in [0.29, 0.717) is 16.1 Å². The number of hydrogen-bond acceptors (Lipinski definition) is 6. The van der Waals surface area contributed by atoms with E-state index in [9.17, 15) is 14.9 Å². The number of rotatable bonds is 9. The average molecular weight is 621 g/mol. The predicted octanol–water partition coefficient (Wildman–Crippen LogP) is 8.66. The molecule has 6 aromatic rings. The van der Waals surface area contributed by atoms with Gasteiger partial charge in [0.25, 0.3) is 5.91 Å². The van der Waals surface area contributed by atoms with E-state index < -0.39 is 11.9 Å². The van der Waals surface area contributed by atoms with Gasteiger partial charge in [-0.15, -0.1) is 11.3 Å². The van der Waals surface area contributed by atoms with Crippen molar-refractivity contribution in [1.82, 2.24) is 9.78 Å². The lowest BCUT2D eigenvalue weighted by Gasteiger charge is -2.09. The Hall–Kier alpha value is -6.04. The van der Waals surface area contributed by atoms with Crippen LogP contribution in [0.2, 0.25) is 0 Å². The number of nitriles is 1. The predicted molar refractivity (Wildman–Crippen MR) is 182 cm³/mol. The summed E-state index contributed by atoms with van der Waals surface area (Å²) in [6.07, 6.45) is 1.52. The van der Waals surface area contributed by atoms with Gasteiger partial charge in [0.15, 0.2) is 0 Å². The summed E-state index contributed by atoms with van der Waals surface area (Å²) >= 11 is 1.21. The standard InChI is InChI=1S/C38H28N4O3S/c1-2-45-38(44)35-32(27-12-6-3-7-13-27)25-46-37(35)40-36(43)30(24-39)22-26-18-20-31(21-19-26)42-34(29-16-10-5-11-17-29)23-33(41-42)28-14-8-4-9-15-28/h3-23,25H,2H2,1H3,(H,40,43)/b30-22+. The molecule has 0 aliphatic carbocycles. The summed E-state index contributed by atoms with van der Waals surface area (Å²) in [6, 6.07) is 41.0. The second-order valence-electron chi connectivity index (χ2n) is 10.2. The van der Waals surface area contributed by atoms with Crippen molar-refractivity contribution < 1.29 is 14.3 Å². The van der Waals surface area contributed by atoms with Crippen molar-refractivity contribution >= 4 is 34.3 Å². The number of hydrogen-bond donors (Lipinski definition) is 1. The molecule has 4 aromatic carbocycles. The van der Waals surface area contributed by atoms with E-state index in [1.165, 1.54) is 17.4 Å². The van der Waals surface area contributed by atoms with Gasteiger partial charge < -0.3 is 10.1 Å². The maximum absolute atomic E-state index is 13.3. The minimum Gasteiger partial charge on any atom is -0.462 e. The number of esters is 1. The highest BCUT2D eigenvalue weighted by atomic mass is 32.1. The van der Waals surface area contributed by atoms with E-state index in [1.54, 1.807) is 12.3 Å². The van der Waals surface area contributed by atoms with Gasteiger partial charge in [-0.05, 0) is 42.3 Å². The molecule has 0 aliphatic rings. The first kappa shape index (κ1) is 30.0. The molecule has 0 bridgehead atoms. The van der Waals surface area contributed by atoms with Gasteiger partial charge in [0.2, 0.25) is 0 Å². The smallest absolute Gasteiger partial charge is 0.341 e. The zero-order chi connectivity index (χ0) is 31.9. The Morgan fingerprint density at radius 2 is 1.48 bits per heavy atom. The van der Waals surface area contributed by atoms with E-state index in [-0.39, 0.29) is 17.7 Å². The number of anilines is 1. The van der Waals surface area contributed by atoms with Crippen molar-refractivity contribution in [3.63, 3.8) is 0 Å². The number of ether oxygens (including phenoxy) is 1. The van der Waals surface area contributed by atoms with Gasteiger partial charge in [-0.2, -0.15) is 10.4 Å². The molecule has 8 heteroatoms. The number of benzene rings is 4. The van der Waals surface area contributed by atoms with Crippen molar-refractivity contribution in [2.24, 2.45) is 0 Å². The van der Waals surface area contributed by atoms with Crippen LogP contribution < -0.4 is 5.32 Å². The van der Waals surface area contributed by atoms with Gasteiger partial charge in [0.1, 0.15) is 22.2 Å². The molecule has 0 atom stereocenters. The van der Waals surface area contributed by atoms with Crippen LogP contribution in [-0.4, -0.2) is 28.3 Å². The molecule has 0 unspecified atom stereocenters. The number of aromatic nitrogens is 2. The van der Waals surface area contributed by atoms with Gasteiger partial charge in [-0.25, -0.2) is 9.48 Å². The number of thiophene rings is 1. The monoisotopic (exact) mass is 620 g/mol. The third kappa shape index (κ3) is 6.41. The number of amides is 1. The second kappa shape index (κ2) is 13.7. The highest BCUT2D eigenvalue weighted by molar-refractivity contribution is 7.15. The van der Waals surface area contributed by atoms with E-state index in [1.807, 2.05) is 126 Å². The Bertz CT molecular complexity index is 2060. The van der Waals surface area contributed by atoms with E-state index in [4.69, 9.17) is 9.84 Å². The van der Waals surface area contributed by atoms with Crippen LogP contribution in [0.15, 0.2) is 132 Å².